The van der Waals surface area contributed by atoms with Crippen LogP contribution in [0.2, 0.25) is 0 Å². The summed E-state index contributed by atoms with van der Waals surface area (Å²) in [5.74, 6) is 0.725. The van der Waals surface area contributed by atoms with Crippen molar-refractivity contribution in [3.05, 3.63) is 102 Å². The molecule has 1 N–H and O–H groups in total. The zero-order chi connectivity index (χ0) is 26.1. The summed E-state index contributed by atoms with van der Waals surface area (Å²) >= 11 is 0. The Labute approximate surface area is 220 Å². The van der Waals surface area contributed by atoms with Gasteiger partial charge in [0.1, 0.15) is 17.2 Å². The molecule has 0 spiro atoms. The lowest BCUT2D eigenvalue weighted by atomic mass is 10.1. The van der Waals surface area contributed by atoms with E-state index in [1.54, 1.807) is 17.1 Å². The summed E-state index contributed by atoms with van der Waals surface area (Å²) in [7, 11) is 1.82. The number of hydrogen-bond donors (Lipinski definition) is 1. The molecular formula is C30H29FN6O. The standard InChI is InChI=1S/C30H29FN6O/c1-36-19-24(17-34-36)23-13-21(14-25(31)15-23)16-33-30(38)27-28-26(11-12-32-27)35-29(22-9-5-6-10-22)37(28)18-20-7-3-2-4-8-20/h2-4,7-8,11-15,17,19,22H,5-6,9-10,16,18H2,1H3,(H,33,38). The molecule has 1 amide bonds. The number of hydrogen-bond acceptors (Lipinski definition) is 4. The number of nitrogens with one attached hydrogen (secondary N) is 1. The molecule has 2 aromatic carbocycles. The van der Waals surface area contributed by atoms with Crippen LogP contribution >= 0.6 is 0 Å². The van der Waals surface area contributed by atoms with Gasteiger partial charge in [-0.15, -0.1) is 0 Å². The molecular weight excluding hydrogens is 479 g/mol. The second-order valence-corrected chi connectivity index (χ2v) is 9.98. The van der Waals surface area contributed by atoms with Gasteiger partial charge < -0.3 is 9.88 Å². The van der Waals surface area contributed by atoms with Crippen LogP contribution in [-0.2, 0) is 20.1 Å². The molecule has 3 heterocycles. The van der Waals surface area contributed by atoms with Gasteiger partial charge in [0.2, 0.25) is 0 Å². The van der Waals surface area contributed by atoms with E-state index in [1.807, 2.05) is 43.6 Å². The molecule has 1 aliphatic carbocycles. The minimum atomic E-state index is -0.363. The molecule has 7 nitrogen and oxygen atoms in total. The van der Waals surface area contributed by atoms with Gasteiger partial charge in [-0.2, -0.15) is 5.10 Å². The minimum absolute atomic E-state index is 0.171. The summed E-state index contributed by atoms with van der Waals surface area (Å²) in [6.45, 7) is 0.789. The van der Waals surface area contributed by atoms with Gasteiger partial charge in [-0.05, 0) is 53.8 Å². The van der Waals surface area contributed by atoms with Crippen LogP contribution < -0.4 is 5.32 Å². The van der Waals surface area contributed by atoms with E-state index in [2.05, 4.69) is 32.1 Å². The predicted molar refractivity (Wildman–Crippen MR) is 144 cm³/mol. The van der Waals surface area contributed by atoms with E-state index in [0.29, 0.717) is 29.3 Å². The first kappa shape index (κ1) is 24.0. The first-order valence-electron chi connectivity index (χ1n) is 13.0. The first-order chi connectivity index (χ1) is 18.5. The van der Waals surface area contributed by atoms with Crippen LogP contribution in [0.5, 0.6) is 0 Å². The SMILES string of the molecule is Cn1cc(-c2cc(F)cc(CNC(=O)c3nccc4nc(C5CCCC5)n(Cc5ccccc5)c34)c2)cn1. The lowest BCUT2D eigenvalue weighted by molar-refractivity contribution is 0.0947. The smallest absolute Gasteiger partial charge is 0.272 e. The molecule has 1 aliphatic rings. The number of carbonyl (C=O) groups excluding carboxylic acids is 1. The number of imidazole rings is 1. The Morgan fingerprint density at radius 2 is 1.87 bits per heavy atom. The molecule has 0 aliphatic heterocycles. The number of fused-ring (bicyclic) bond motifs is 1. The van der Waals surface area contributed by atoms with E-state index >= 15 is 0 Å². The Morgan fingerprint density at radius 3 is 2.63 bits per heavy atom. The molecule has 5 aromatic rings. The van der Waals surface area contributed by atoms with Crippen molar-refractivity contribution >= 4 is 16.9 Å². The fourth-order valence-electron chi connectivity index (χ4n) is 5.44. The Balaban J connectivity index is 1.32. The number of carbonyl (C=O) groups is 1. The summed E-state index contributed by atoms with van der Waals surface area (Å²) in [4.78, 5) is 23.0. The van der Waals surface area contributed by atoms with Gasteiger partial charge in [-0.1, -0.05) is 43.2 Å². The van der Waals surface area contributed by atoms with Gasteiger partial charge >= 0.3 is 0 Å². The topological polar surface area (TPSA) is 77.6 Å². The third-order valence-corrected chi connectivity index (χ3v) is 7.25. The number of halogens is 1. The van der Waals surface area contributed by atoms with Crippen molar-refractivity contribution in [2.24, 2.45) is 7.05 Å². The lowest BCUT2D eigenvalue weighted by Crippen LogP contribution is -2.25. The van der Waals surface area contributed by atoms with E-state index in [1.165, 1.54) is 25.0 Å². The largest absolute Gasteiger partial charge is 0.347 e. The highest BCUT2D eigenvalue weighted by Crippen LogP contribution is 2.36. The van der Waals surface area contributed by atoms with Crippen LogP contribution in [-0.4, -0.2) is 30.2 Å². The van der Waals surface area contributed by atoms with E-state index in [0.717, 1.165) is 40.8 Å². The summed E-state index contributed by atoms with van der Waals surface area (Å²) in [5.41, 5.74) is 5.18. The van der Waals surface area contributed by atoms with Gasteiger partial charge in [0.05, 0.1) is 11.7 Å². The summed E-state index contributed by atoms with van der Waals surface area (Å²) < 4.78 is 18.3. The number of benzene rings is 2. The summed E-state index contributed by atoms with van der Waals surface area (Å²) in [5, 5.41) is 7.13. The molecule has 8 heteroatoms. The zero-order valence-corrected chi connectivity index (χ0v) is 21.3. The molecule has 1 fully saturated rings. The Morgan fingerprint density at radius 1 is 1.05 bits per heavy atom. The first-order valence-corrected chi connectivity index (χ1v) is 13.0. The maximum absolute atomic E-state index is 14.4. The highest BCUT2D eigenvalue weighted by atomic mass is 19.1. The monoisotopic (exact) mass is 508 g/mol. The quantitative estimate of drug-likeness (QED) is 0.310. The van der Waals surface area contributed by atoms with E-state index in [9.17, 15) is 9.18 Å². The predicted octanol–water partition coefficient (Wildman–Crippen LogP) is 5.61. The number of rotatable bonds is 7. The highest BCUT2D eigenvalue weighted by molar-refractivity contribution is 6.03. The van der Waals surface area contributed by atoms with Gasteiger partial charge in [-0.25, -0.2) is 14.4 Å². The Bertz CT molecular complexity index is 1600. The zero-order valence-electron chi connectivity index (χ0n) is 21.3. The van der Waals surface area contributed by atoms with Crippen LogP contribution in [0.4, 0.5) is 4.39 Å². The number of pyridine rings is 1. The molecule has 38 heavy (non-hydrogen) atoms. The molecule has 192 valence electrons. The van der Waals surface area contributed by atoms with Crippen molar-refractivity contribution in [3.63, 3.8) is 0 Å². The average molecular weight is 509 g/mol. The van der Waals surface area contributed by atoms with E-state index in [-0.39, 0.29) is 18.3 Å². The average Bonchev–Trinajstić information content (AvgIpc) is 3.68. The number of nitrogens with zero attached hydrogens (tertiary/aromatic N) is 5. The second-order valence-electron chi connectivity index (χ2n) is 9.98. The van der Waals surface area contributed by atoms with Gasteiger partial charge in [0.25, 0.3) is 5.91 Å². The van der Waals surface area contributed by atoms with Crippen molar-refractivity contribution < 1.29 is 9.18 Å². The van der Waals surface area contributed by atoms with Crippen LogP contribution in [0.25, 0.3) is 22.2 Å². The molecule has 0 bridgehead atoms. The van der Waals surface area contributed by atoms with Gasteiger partial charge in [-0.3, -0.25) is 9.48 Å². The fraction of sp³-hybridized carbons (Fsp3) is 0.267. The van der Waals surface area contributed by atoms with Crippen molar-refractivity contribution in [1.29, 1.82) is 0 Å². The normalized spacial score (nSPS) is 13.8. The molecule has 3 aromatic heterocycles. The van der Waals surface area contributed by atoms with Crippen molar-refractivity contribution in [3.8, 4) is 11.1 Å². The lowest BCUT2D eigenvalue weighted by Gasteiger charge is -2.15. The molecule has 6 rings (SSSR count). The summed E-state index contributed by atoms with van der Waals surface area (Å²) in [6.07, 6.45) is 9.75. The van der Waals surface area contributed by atoms with Crippen molar-refractivity contribution in [1.82, 2.24) is 29.6 Å². The van der Waals surface area contributed by atoms with Gasteiger partial charge in [0.15, 0.2) is 5.69 Å². The Hall–Kier alpha value is -4.33. The number of amides is 1. The molecule has 1 saturated carbocycles. The Kier molecular flexibility index (Phi) is 6.45. The fourth-order valence-corrected chi connectivity index (χ4v) is 5.44. The third-order valence-electron chi connectivity index (χ3n) is 7.25. The van der Waals surface area contributed by atoms with Crippen LogP contribution in [0.15, 0.2) is 73.2 Å². The van der Waals surface area contributed by atoms with Crippen molar-refractivity contribution in [2.45, 2.75) is 44.7 Å². The molecule has 0 atom stereocenters. The molecule has 0 unspecified atom stereocenters. The third kappa shape index (κ3) is 4.81. The highest BCUT2D eigenvalue weighted by Gasteiger charge is 2.26. The van der Waals surface area contributed by atoms with Crippen LogP contribution in [0.3, 0.4) is 0 Å². The minimum Gasteiger partial charge on any atom is -0.347 e. The van der Waals surface area contributed by atoms with E-state index < -0.39 is 0 Å². The maximum atomic E-state index is 14.4. The van der Waals surface area contributed by atoms with Crippen LogP contribution in [0.1, 0.15) is 59.0 Å². The summed E-state index contributed by atoms with van der Waals surface area (Å²) in [6, 6.07) is 16.9. The van der Waals surface area contributed by atoms with Gasteiger partial charge in [0, 0.05) is 44.0 Å². The van der Waals surface area contributed by atoms with Crippen molar-refractivity contribution in [2.75, 3.05) is 0 Å². The number of aryl methyl sites for hydroxylation is 1. The molecule has 0 radical (unpaired) electrons. The van der Waals surface area contributed by atoms with Crippen LogP contribution in [0, 0.1) is 5.82 Å². The van der Waals surface area contributed by atoms with E-state index in [4.69, 9.17) is 4.98 Å². The second kappa shape index (κ2) is 10.2. The molecule has 0 saturated heterocycles. The number of aromatic nitrogens is 5. The maximum Gasteiger partial charge on any atom is 0.272 e.